The number of hydrogen-bond acceptors (Lipinski definition) is 8. The molecule has 3 heterocycles. The number of nitrogens with one attached hydrogen (secondary N) is 1. The maximum atomic E-state index is 13.2. The van der Waals surface area contributed by atoms with Crippen molar-refractivity contribution in [2.45, 2.75) is 44.2 Å². The van der Waals surface area contributed by atoms with Crippen molar-refractivity contribution in [1.82, 2.24) is 9.21 Å². The number of carbonyl (C=O) groups is 2. The van der Waals surface area contributed by atoms with Crippen LogP contribution in [0, 0.1) is 17.2 Å². The quantitative estimate of drug-likeness (QED) is 0.385. The molecule has 41 heavy (non-hydrogen) atoms. The first-order valence-corrected chi connectivity index (χ1v) is 15.9. The van der Waals surface area contributed by atoms with Gasteiger partial charge in [0.25, 0.3) is 5.91 Å². The molecule has 2 aliphatic rings. The number of piperidine rings is 1. The summed E-state index contributed by atoms with van der Waals surface area (Å²) in [6.07, 6.45) is 1.56. The second-order valence-electron chi connectivity index (χ2n) is 10.2. The summed E-state index contributed by atoms with van der Waals surface area (Å²) >= 11 is 1.42. The number of benzene rings is 2. The molecule has 0 saturated carbocycles. The van der Waals surface area contributed by atoms with Crippen LogP contribution in [0.1, 0.15) is 51.7 Å². The topological polar surface area (TPSA) is 120 Å². The van der Waals surface area contributed by atoms with E-state index in [0.717, 1.165) is 30.0 Å². The monoisotopic (exact) mass is 592 g/mol. The number of rotatable bonds is 8. The van der Waals surface area contributed by atoms with Crippen LogP contribution in [0.5, 0.6) is 0 Å². The number of nitrogens with zero attached hydrogens (tertiary/aromatic N) is 3. The molecule has 1 aromatic heterocycles. The molecular formula is C30H32N4O5S2. The molecule has 0 radical (unpaired) electrons. The minimum absolute atomic E-state index is 0.0893. The fourth-order valence-corrected chi connectivity index (χ4v) is 8.04. The lowest BCUT2D eigenvalue weighted by Crippen LogP contribution is -2.40. The first-order chi connectivity index (χ1) is 19.8. The van der Waals surface area contributed by atoms with Gasteiger partial charge in [-0.3, -0.25) is 14.5 Å². The molecule has 1 amide bonds. The largest absolute Gasteiger partial charge is 0.466 e. The summed E-state index contributed by atoms with van der Waals surface area (Å²) in [5.41, 5.74) is 3.02. The predicted octanol–water partition coefficient (Wildman–Crippen LogP) is 4.39. The number of esters is 1. The van der Waals surface area contributed by atoms with E-state index in [1.54, 1.807) is 6.92 Å². The van der Waals surface area contributed by atoms with Crippen molar-refractivity contribution in [3.05, 3.63) is 81.7 Å². The van der Waals surface area contributed by atoms with Crippen LogP contribution in [0.15, 0.2) is 59.5 Å². The Morgan fingerprint density at radius 1 is 1.07 bits per heavy atom. The molecule has 0 spiro atoms. The number of anilines is 1. The third-order valence-electron chi connectivity index (χ3n) is 7.55. The summed E-state index contributed by atoms with van der Waals surface area (Å²) in [5, 5.41) is 13.3. The Balaban J connectivity index is 1.23. The van der Waals surface area contributed by atoms with Crippen LogP contribution in [0.25, 0.3) is 0 Å². The number of thiophene rings is 1. The molecule has 1 fully saturated rings. The molecule has 9 nitrogen and oxygen atoms in total. The number of hydrogen-bond donors (Lipinski definition) is 1. The van der Waals surface area contributed by atoms with Gasteiger partial charge in [0.2, 0.25) is 10.0 Å². The van der Waals surface area contributed by atoms with Crippen LogP contribution >= 0.6 is 11.3 Å². The molecule has 1 saturated heterocycles. The highest BCUT2D eigenvalue weighted by atomic mass is 32.2. The third kappa shape index (κ3) is 6.36. The Hall–Kier alpha value is -3.56. The Labute approximate surface area is 244 Å². The van der Waals surface area contributed by atoms with Gasteiger partial charge in [-0.15, -0.1) is 11.3 Å². The second-order valence-corrected chi connectivity index (χ2v) is 13.2. The van der Waals surface area contributed by atoms with Crippen LogP contribution in [-0.2, 0) is 39.1 Å². The van der Waals surface area contributed by atoms with Crippen LogP contribution in [0.3, 0.4) is 0 Å². The van der Waals surface area contributed by atoms with Gasteiger partial charge in [-0.05, 0) is 61.6 Å². The van der Waals surface area contributed by atoms with Crippen molar-refractivity contribution in [2.75, 3.05) is 31.6 Å². The number of amides is 1. The van der Waals surface area contributed by atoms with Crippen molar-refractivity contribution in [3.8, 4) is 6.07 Å². The van der Waals surface area contributed by atoms with Crippen LogP contribution in [0.4, 0.5) is 5.00 Å². The Bertz CT molecular complexity index is 1550. The maximum Gasteiger partial charge on any atom is 0.309 e. The average Bonchev–Trinajstić information content (AvgIpc) is 3.33. The van der Waals surface area contributed by atoms with E-state index >= 15 is 0 Å². The highest BCUT2D eigenvalue weighted by molar-refractivity contribution is 7.89. The van der Waals surface area contributed by atoms with Gasteiger partial charge in [-0.2, -0.15) is 9.57 Å². The smallest absolute Gasteiger partial charge is 0.309 e. The average molecular weight is 593 g/mol. The van der Waals surface area contributed by atoms with E-state index in [-0.39, 0.29) is 29.9 Å². The van der Waals surface area contributed by atoms with E-state index in [1.165, 1.54) is 45.5 Å². The minimum atomic E-state index is -3.76. The van der Waals surface area contributed by atoms with Crippen molar-refractivity contribution in [3.63, 3.8) is 0 Å². The predicted molar refractivity (Wildman–Crippen MR) is 156 cm³/mol. The standard InChI is InChI=1S/C30H32N4O5S2/c1-2-39-30(36)23-12-16-34(17-13-23)41(37,38)24-10-8-22(9-11-24)28(35)32-29-26(18-31)25-14-15-33(20-27(25)40-29)19-21-6-4-3-5-7-21/h3-11,23H,2,12-17,19-20H2,1H3,(H,32,35). The second kappa shape index (κ2) is 12.5. The van der Waals surface area contributed by atoms with E-state index < -0.39 is 15.9 Å². The number of sulfonamides is 1. The summed E-state index contributed by atoms with van der Waals surface area (Å²) in [4.78, 5) is 28.6. The van der Waals surface area contributed by atoms with Crippen molar-refractivity contribution in [1.29, 1.82) is 5.26 Å². The maximum absolute atomic E-state index is 13.2. The summed E-state index contributed by atoms with van der Waals surface area (Å²) < 4.78 is 32.8. The molecular weight excluding hydrogens is 560 g/mol. The van der Waals surface area contributed by atoms with Gasteiger partial charge in [0.1, 0.15) is 11.1 Å². The molecule has 0 aliphatic carbocycles. The van der Waals surface area contributed by atoms with E-state index in [2.05, 4.69) is 28.4 Å². The van der Waals surface area contributed by atoms with Crippen molar-refractivity contribution < 1.29 is 22.7 Å². The molecule has 2 aliphatic heterocycles. The summed E-state index contributed by atoms with van der Waals surface area (Å²) in [6.45, 7) is 4.88. The molecule has 214 valence electrons. The lowest BCUT2D eigenvalue weighted by atomic mass is 9.98. The van der Waals surface area contributed by atoms with Gasteiger partial charge in [0.15, 0.2) is 0 Å². The van der Waals surface area contributed by atoms with Crippen molar-refractivity contribution >= 4 is 38.2 Å². The lowest BCUT2D eigenvalue weighted by Gasteiger charge is -2.30. The minimum Gasteiger partial charge on any atom is -0.466 e. The number of nitriles is 1. The van der Waals surface area contributed by atoms with Crippen LogP contribution in [-0.4, -0.2) is 55.7 Å². The zero-order valence-corrected chi connectivity index (χ0v) is 24.5. The third-order valence-corrected chi connectivity index (χ3v) is 10.6. The molecule has 2 aromatic carbocycles. The molecule has 1 N–H and O–H groups in total. The van der Waals surface area contributed by atoms with Gasteiger partial charge < -0.3 is 10.1 Å². The van der Waals surface area contributed by atoms with E-state index in [0.29, 0.717) is 42.1 Å². The highest BCUT2D eigenvalue weighted by Gasteiger charge is 2.33. The number of fused-ring (bicyclic) bond motifs is 1. The summed E-state index contributed by atoms with van der Waals surface area (Å²) in [7, 11) is -3.76. The highest BCUT2D eigenvalue weighted by Crippen LogP contribution is 2.37. The lowest BCUT2D eigenvalue weighted by molar-refractivity contribution is -0.149. The first kappa shape index (κ1) is 29.0. The molecule has 5 rings (SSSR count). The molecule has 0 atom stereocenters. The fraction of sp³-hybridized carbons (Fsp3) is 0.367. The summed E-state index contributed by atoms with van der Waals surface area (Å²) in [5.74, 6) is -0.975. The number of carbonyl (C=O) groups excluding carboxylic acids is 2. The number of ether oxygens (including phenoxy) is 1. The molecule has 0 bridgehead atoms. The Kier molecular flexibility index (Phi) is 8.85. The van der Waals surface area contributed by atoms with Gasteiger partial charge in [-0.1, -0.05) is 30.3 Å². The van der Waals surface area contributed by atoms with Crippen molar-refractivity contribution in [2.24, 2.45) is 5.92 Å². The van der Waals surface area contributed by atoms with E-state index in [9.17, 15) is 23.3 Å². The molecule has 11 heteroatoms. The fourth-order valence-electron chi connectivity index (χ4n) is 5.33. The Morgan fingerprint density at radius 2 is 1.78 bits per heavy atom. The van der Waals surface area contributed by atoms with Gasteiger partial charge >= 0.3 is 5.97 Å². The zero-order valence-electron chi connectivity index (χ0n) is 22.8. The van der Waals surface area contributed by atoms with Gasteiger partial charge in [0.05, 0.1) is 23.0 Å². The van der Waals surface area contributed by atoms with E-state index in [1.807, 2.05) is 18.2 Å². The van der Waals surface area contributed by atoms with Crippen LogP contribution < -0.4 is 5.32 Å². The van der Waals surface area contributed by atoms with Gasteiger partial charge in [0, 0.05) is 43.2 Å². The zero-order chi connectivity index (χ0) is 29.0. The normalized spacial score (nSPS) is 16.5. The van der Waals surface area contributed by atoms with Gasteiger partial charge in [-0.25, -0.2) is 8.42 Å². The molecule has 0 unspecified atom stereocenters. The van der Waals surface area contributed by atoms with Crippen LogP contribution in [0.2, 0.25) is 0 Å². The Morgan fingerprint density at radius 3 is 2.44 bits per heavy atom. The molecule has 3 aromatic rings. The summed E-state index contributed by atoms with van der Waals surface area (Å²) in [6, 6.07) is 18.3. The first-order valence-electron chi connectivity index (χ1n) is 13.7. The van der Waals surface area contributed by atoms with E-state index in [4.69, 9.17) is 4.74 Å². The SMILES string of the molecule is CCOC(=O)C1CCN(S(=O)(=O)c2ccc(C(=O)Nc3sc4c(c3C#N)CCN(Cc3ccccc3)C4)cc2)CC1.